The van der Waals surface area contributed by atoms with Crippen LogP contribution in [0.4, 0.5) is 0 Å². The predicted molar refractivity (Wildman–Crippen MR) is 71.2 cm³/mol. The molecule has 2 aliphatic heterocycles. The van der Waals surface area contributed by atoms with Crippen LogP contribution in [-0.2, 0) is 4.74 Å². The van der Waals surface area contributed by atoms with Crippen LogP contribution >= 0.6 is 0 Å². The van der Waals surface area contributed by atoms with Gasteiger partial charge in [0.25, 0.3) is 0 Å². The molecule has 0 spiro atoms. The van der Waals surface area contributed by atoms with E-state index in [2.05, 4.69) is 29.0 Å². The van der Waals surface area contributed by atoms with E-state index in [1.807, 2.05) is 6.20 Å². The molecule has 1 fully saturated rings. The summed E-state index contributed by atoms with van der Waals surface area (Å²) in [5.74, 6) is 0.847. The van der Waals surface area contributed by atoms with E-state index in [0.29, 0.717) is 0 Å². The molecule has 0 N–H and O–H groups in total. The first-order chi connectivity index (χ1) is 8.34. The number of rotatable bonds is 4. The summed E-state index contributed by atoms with van der Waals surface area (Å²) in [6.07, 6.45) is 10.7. The third-order valence-electron chi connectivity index (χ3n) is 3.17. The van der Waals surface area contributed by atoms with E-state index in [1.54, 1.807) is 0 Å². The van der Waals surface area contributed by atoms with E-state index in [9.17, 15) is 0 Å². The Morgan fingerprint density at radius 1 is 1.35 bits per heavy atom. The highest BCUT2D eigenvalue weighted by molar-refractivity contribution is 5.78. The van der Waals surface area contributed by atoms with Crippen LogP contribution in [0.25, 0.3) is 0 Å². The Labute approximate surface area is 104 Å². The molecule has 2 rings (SSSR count). The standard InChI is InChI=1S/C14H22N2O/c1-13-6-4-7-14(15-12-13)17-11-5-10-16-8-2-3-9-16/h4,6,12H,2-3,5,7-11H2,1H3. The highest BCUT2D eigenvalue weighted by Gasteiger charge is 2.10. The molecule has 0 saturated carbocycles. The maximum atomic E-state index is 5.70. The number of ether oxygens (including phenoxy) is 1. The third kappa shape index (κ3) is 4.35. The summed E-state index contributed by atoms with van der Waals surface area (Å²) in [6, 6.07) is 0. The number of nitrogens with zero attached hydrogens (tertiary/aromatic N) is 2. The molecule has 3 heteroatoms. The molecule has 2 aliphatic rings. The van der Waals surface area contributed by atoms with Gasteiger partial charge in [0.1, 0.15) is 0 Å². The zero-order valence-electron chi connectivity index (χ0n) is 10.7. The molecule has 3 nitrogen and oxygen atoms in total. The van der Waals surface area contributed by atoms with Gasteiger partial charge >= 0.3 is 0 Å². The average Bonchev–Trinajstić information content (AvgIpc) is 2.75. The number of hydrogen-bond acceptors (Lipinski definition) is 3. The summed E-state index contributed by atoms with van der Waals surface area (Å²) >= 11 is 0. The molecule has 0 aromatic heterocycles. The Kier molecular flexibility index (Phi) is 4.80. The van der Waals surface area contributed by atoms with Crippen LogP contribution in [-0.4, -0.2) is 37.0 Å². The van der Waals surface area contributed by atoms with Crippen molar-refractivity contribution in [2.45, 2.75) is 32.6 Å². The molecule has 0 atom stereocenters. The van der Waals surface area contributed by atoms with Crippen molar-refractivity contribution >= 4 is 5.90 Å². The predicted octanol–water partition coefficient (Wildman–Crippen LogP) is 2.75. The third-order valence-corrected chi connectivity index (χ3v) is 3.17. The van der Waals surface area contributed by atoms with Crippen molar-refractivity contribution in [1.29, 1.82) is 0 Å². The Bertz CT molecular complexity index is 325. The Balaban J connectivity index is 1.63. The summed E-state index contributed by atoms with van der Waals surface area (Å²) in [7, 11) is 0. The summed E-state index contributed by atoms with van der Waals surface area (Å²) in [5, 5.41) is 0. The van der Waals surface area contributed by atoms with E-state index in [4.69, 9.17) is 4.74 Å². The second-order valence-corrected chi connectivity index (χ2v) is 4.75. The van der Waals surface area contributed by atoms with E-state index in [1.165, 1.54) is 31.5 Å². The van der Waals surface area contributed by atoms with E-state index < -0.39 is 0 Å². The van der Waals surface area contributed by atoms with Gasteiger partial charge in [-0.25, -0.2) is 4.99 Å². The second-order valence-electron chi connectivity index (χ2n) is 4.75. The minimum Gasteiger partial charge on any atom is -0.480 e. The Hall–Kier alpha value is -1.09. The molecule has 0 bridgehead atoms. The van der Waals surface area contributed by atoms with Crippen LogP contribution in [0, 0.1) is 0 Å². The molecule has 2 heterocycles. The molecule has 0 aliphatic carbocycles. The summed E-state index contributed by atoms with van der Waals surface area (Å²) < 4.78 is 5.70. The largest absolute Gasteiger partial charge is 0.480 e. The van der Waals surface area contributed by atoms with Crippen LogP contribution in [0.1, 0.15) is 32.6 Å². The number of hydrogen-bond donors (Lipinski definition) is 0. The van der Waals surface area contributed by atoms with Crippen LogP contribution in [0.2, 0.25) is 0 Å². The Morgan fingerprint density at radius 3 is 3.00 bits per heavy atom. The zero-order valence-corrected chi connectivity index (χ0v) is 10.7. The van der Waals surface area contributed by atoms with Gasteiger partial charge in [-0.3, -0.25) is 0 Å². The first-order valence-corrected chi connectivity index (χ1v) is 6.60. The molecule has 0 radical (unpaired) electrons. The molecule has 1 saturated heterocycles. The van der Waals surface area contributed by atoms with Crippen LogP contribution in [0.5, 0.6) is 0 Å². The van der Waals surface area contributed by atoms with Crippen molar-refractivity contribution in [2.24, 2.45) is 4.99 Å². The van der Waals surface area contributed by atoms with Crippen molar-refractivity contribution in [3.05, 3.63) is 23.9 Å². The first kappa shape index (κ1) is 12.4. The fourth-order valence-corrected chi connectivity index (χ4v) is 2.20. The summed E-state index contributed by atoms with van der Waals surface area (Å²) in [6.45, 7) is 6.54. The van der Waals surface area contributed by atoms with E-state index in [0.717, 1.165) is 31.9 Å². The fourth-order valence-electron chi connectivity index (χ4n) is 2.20. The molecular formula is C14H22N2O. The minimum absolute atomic E-state index is 0.788. The molecule has 94 valence electrons. The monoisotopic (exact) mass is 234 g/mol. The lowest BCUT2D eigenvalue weighted by Gasteiger charge is -2.14. The molecule has 0 unspecified atom stereocenters. The van der Waals surface area contributed by atoms with Crippen LogP contribution < -0.4 is 0 Å². The number of likely N-dealkylation sites (tertiary alicyclic amines) is 1. The maximum absolute atomic E-state index is 5.70. The molecule has 0 aromatic carbocycles. The quantitative estimate of drug-likeness (QED) is 0.699. The maximum Gasteiger partial charge on any atom is 0.191 e. The van der Waals surface area contributed by atoms with Crippen molar-refractivity contribution in [3.63, 3.8) is 0 Å². The van der Waals surface area contributed by atoms with Crippen LogP contribution in [0.15, 0.2) is 28.9 Å². The summed E-state index contributed by atoms with van der Waals surface area (Å²) in [4.78, 5) is 6.85. The molecular weight excluding hydrogens is 212 g/mol. The topological polar surface area (TPSA) is 24.8 Å². The van der Waals surface area contributed by atoms with Gasteiger partial charge in [0, 0.05) is 19.2 Å². The summed E-state index contributed by atoms with van der Waals surface area (Å²) in [5.41, 5.74) is 1.18. The van der Waals surface area contributed by atoms with Gasteiger partial charge in [-0.1, -0.05) is 12.2 Å². The van der Waals surface area contributed by atoms with Gasteiger partial charge in [-0.05, 0) is 44.8 Å². The normalized spacial score (nSPS) is 21.0. The lowest BCUT2D eigenvalue weighted by molar-refractivity contribution is 0.252. The Morgan fingerprint density at radius 2 is 2.18 bits per heavy atom. The smallest absolute Gasteiger partial charge is 0.191 e. The van der Waals surface area contributed by atoms with Crippen molar-refractivity contribution < 1.29 is 4.74 Å². The van der Waals surface area contributed by atoms with Crippen LogP contribution in [0.3, 0.4) is 0 Å². The van der Waals surface area contributed by atoms with E-state index in [-0.39, 0.29) is 0 Å². The lowest BCUT2D eigenvalue weighted by atomic mass is 10.3. The number of allylic oxidation sites excluding steroid dienone is 2. The molecule has 17 heavy (non-hydrogen) atoms. The van der Waals surface area contributed by atoms with Gasteiger partial charge in [0.05, 0.1) is 6.61 Å². The second kappa shape index (κ2) is 6.60. The molecule has 0 aromatic rings. The average molecular weight is 234 g/mol. The van der Waals surface area contributed by atoms with Gasteiger partial charge in [-0.15, -0.1) is 0 Å². The van der Waals surface area contributed by atoms with E-state index >= 15 is 0 Å². The van der Waals surface area contributed by atoms with Gasteiger partial charge in [0.2, 0.25) is 0 Å². The number of aliphatic imine (C=N–C) groups is 1. The lowest BCUT2D eigenvalue weighted by Crippen LogP contribution is -2.22. The molecule has 0 amide bonds. The van der Waals surface area contributed by atoms with Gasteiger partial charge < -0.3 is 9.64 Å². The fraction of sp³-hybridized carbons (Fsp3) is 0.643. The highest BCUT2D eigenvalue weighted by Crippen LogP contribution is 2.08. The van der Waals surface area contributed by atoms with Crippen molar-refractivity contribution in [2.75, 3.05) is 26.2 Å². The van der Waals surface area contributed by atoms with Gasteiger partial charge in [-0.2, -0.15) is 0 Å². The zero-order chi connectivity index (χ0) is 11.9. The highest BCUT2D eigenvalue weighted by atomic mass is 16.5. The van der Waals surface area contributed by atoms with Crippen molar-refractivity contribution in [1.82, 2.24) is 4.90 Å². The van der Waals surface area contributed by atoms with Crippen molar-refractivity contribution in [3.8, 4) is 0 Å². The van der Waals surface area contributed by atoms with Gasteiger partial charge in [0.15, 0.2) is 5.90 Å². The SMILES string of the molecule is CC1=CN=C(OCCCN2CCCC2)CC=C1. The first-order valence-electron chi connectivity index (χ1n) is 6.60. The minimum atomic E-state index is 0.788.